The maximum absolute atomic E-state index is 11.7. The van der Waals surface area contributed by atoms with E-state index in [0.29, 0.717) is 17.1 Å². The van der Waals surface area contributed by atoms with Gasteiger partial charge in [-0.05, 0) is 12.1 Å². The highest BCUT2D eigenvalue weighted by molar-refractivity contribution is 5.99. The summed E-state index contributed by atoms with van der Waals surface area (Å²) in [5.41, 5.74) is 0.826. The van der Waals surface area contributed by atoms with Crippen molar-refractivity contribution in [1.82, 2.24) is 0 Å². The van der Waals surface area contributed by atoms with Crippen LogP contribution in [0.5, 0.6) is 5.75 Å². The van der Waals surface area contributed by atoms with Crippen LogP contribution >= 0.6 is 0 Å². The summed E-state index contributed by atoms with van der Waals surface area (Å²) in [5, 5.41) is 5.35. The minimum Gasteiger partial charge on any atom is -0.494 e. The lowest BCUT2D eigenvalue weighted by Crippen LogP contribution is -2.15. The number of hydrogen-bond donors (Lipinski definition) is 2. The molecule has 0 aliphatic heterocycles. The summed E-state index contributed by atoms with van der Waals surface area (Å²) >= 11 is 0. The zero-order valence-corrected chi connectivity index (χ0v) is 13.3. The number of esters is 2. The fourth-order valence-electron chi connectivity index (χ4n) is 1.65. The van der Waals surface area contributed by atoms with E-state index in [1.807, 2.05) is 0 Å². The number of carbonyl (C=O) groups excluding carboxylic acids is 3. The summed E-state index contributed by atoms with van der Waals surface area (Å²) in [5.74, 6) is -1.31. The van der Waals surface area contributed by atoms with Crippen molar-refractivity contribution in [3.8, 4) is 5.75 Å². The Balaban J connectivity index is 3.09. The first-order valence-electron chi connectivity index (χ1n) is 6.51. The zero-order chi connectivity index (χ0) is 17.4. The van der Waals surface area contributed by atoms with Crippen molar-refractivity contribution in [1.29, 1.82) is 0 Å². The third-order valence-corrected chi connectivity index (χ3v) is 2.66. The number of anilines is 2. The summed E-state index contributed by atoms with van der Waals surface area (Å²) in [6, 6.07) is 4.75. The Morgan fingerprint density at radius 3 is 2.26 bits per heavy atom. The molecule has 0 aliphatic rings. The topological polar surface area (TPSA) is 103 Å². The number of benzene rings is 1. The lowest BCUT2D eigenvalue weighted by atomic mass is 10.2. The van der Waals surface area contributed by atoms with Crippen molar-refractivity contribution in [3.63, 3.8) is 0 Å². The Morgan fingerprint density at radius 2 is 1.74 bits per heavy atom. The van der Waals surface area contributed by atoms with Gasteiger partial charge < -0.3 is 24.8 Å². The Morgan fingerprint density at radius 1 is 1.04 bits per heavy atom. The third kappa shape index (κ3) is 5.34. The van der Waals surface area contributed by atoms with Crippen LogP contribution in [0.25, 0.3) is 0 Å². The van der Waals surface area contributed by atoms with Gasteiger partial charge in [0.05, 0.1) is 33.1 Å². The summed E-state index contributed by atoms with van der Waals surface area (Å²) in [4.78, 5) is 34.1. The number of ether oxygens (including phenoxy) is 3. The standard InChI is InChI=1S/C15H18N2O6/c1-9(18)16-11-6-5-10(7-13(11)21-2)17-12(15(20)23-4)8-14(19)22-3/h5-8,17H,1-4H3,(H,16,18)/b12-8+. The first-order chi connectivity index (χ1) is 10.9. The SMILES string of the molecule is COC(=O)/C=C(/Nc1ccc(NC(C)=O)c(OC)c1)C(=O)OC. The van der Waals surface area contributed by atoms with Crippen molar-refractivity contribution >= 4 is 29.2 Å². The molecule has 0 heterocycles. The van der Waals surface area contributed by atoms with E-state index in [2.05, 4.69) is 20.1 Å². The predicted octanol–water partition coefficient (Wildman–Crippen LogP) is 1.30. The van der Waals surface area contributed by atoms with Gasteiger partial charge in [0.2, 0.25) is 5.91 Å². The zero-order valence-electron chi connectivity index (χ0n) is 13.3. The number of hydrogen-bond acceptors (Lipinski definition) is 7. The fourth-order valence-corrected chi connectivity index (χ4v) is 1.65. The second-order valence-electron chi connectivity index (χ2n) is 4.29. The second-order valence-corrected chi connectivity index (χ2v) is 4.29. The fraction of sp³-hybridized carbons (Fsp3) is 0.267. The Kier molecular flexibility index (Phi) is 6.60. The number of methoxy groups -OCH3 is 3. The van der Waals surface area contributed by atoms with E-state index in [4.69, 9.17) is 4.74 Å². The molecular formula is C15H18N2O6. The molecule has 0 spiro atoms. The monoisotopic (exact) mass is 322 g/mol. The first kappa shape index (κ1) is 18.0. The van der Waals surface area contributed by atoms with Crippen LogP contribution in [0, 0.1) is 0 Å². The maximum atomic E-state index is 11.7. The van der Waals surface area contributed by atoms with Gasteiger partial charge in [0.1, 0.15) is 11.4 Å². The molecule has 8 nitrogen and oxygen atoms in total. The summed E-state index contributed by atoms with van der Waals surface area (Å²) in [6.45, 7) is 1.38. The first-order valence-corrected chi connectivity index (χ1v) is 6.51. The molecule has 23 heavy (non-hydrogen) atoms. The summed E-state index contributed by atoms with van der Waals surface area (Å²) in [6.07, 6.45) is 0.972. The lowest BCUT2D eigenvalue weighted by molar-refractivity contribution is -0.138. The van der Waals surface area contributed by atoms with Crippen LogP contribution in [0.2, 0.25) is 0 Å². The second kappa shape index (κ2) is 8.42. The van der Waals surface area contributed by atoms with Crippen LogP contribution in [-0.4, -0.2) is 39.2 Å². The van der Waals surface area contributed by atoms with Gasteiger partial charge in [0.15, 0.2) is 0 Å². The van der Waals surface area contributed by atoms with Crippen molar-refractivity contribution in [2.24, 2.45) is 0 Å². The molecule has 0 atom stereocenters. The average molecular weight is 322 g/mol. The molecule has 0 fully saturated rings. The molecule has 1 aromatic rings. The van der Waals surface area contributed by atoms with E-state index in [0.717, 1.165) is 6.08 Å². The van der Waals surface area contributed by atoms with Gasteiger partial charge >= 0.3 is 11.9 Å². The number of rotatable bonds is 6. The van der Waals surface area contributed by atoms with Crippen LogP contribution in [0.3, 0.4) is 0 Å². The van der Waals surface area contributed by atoms with E-state index < -0.39 is 11.9 Å². The third-order valence-electron chi connectivity index (χ3n) is 2.66. The van der Waals surface area contributed by atoms with E-state index in [9.17, 15) is 14.4 Å². The molecule has 0 unspecified atom stereocenters. The molecule has 0 aromatic heterocycles. The molecule has 0 aliphatic carbocycles. The smallest absolute Gasteiger partial charge is 0.354 e. The van der Waals surface area contributed by atoms with Gasteiger partial charge in [-0.25, -0.2) is 9.59 Å². The van der Waals surface area contributed by atoms with Crippen molar-refractivity contribution < 1.29 is 28.6 Å². The van der Waals surface area contributed by atoms with E-state index in [-0.39, 0.29) is 11.6 Å². The highest BCUT2D eigenvalue weighted by Gasteiger charge is 2.14. The quantitative estimate of drug-likeness (QED) is 0.601. The number of amides is 1. The predicted molar refractivity (Wildman–Crippen MR) is 83.0 cm³/mol. The molecule has 0 radical (unpaired) electrons. The Labute approximate surface area is 133 Å². The Hall–Kier alpha value is -3.03. The minimum atomic E-state index is -0.736. The molecule has 0 saturated heterocycles. The summed E-state index contributed by atoms with van der Waals surface area (Å²) < 4.78 is 14.3. The van der Waals surface area contributed by atoms with Gasteiger partial charge in [-0.2, -0.15) is 0 Å². The average Bonchev–Trinajstić information content (AvgIpc) is 2.53. The highest BCUT2D eigenvalue weighted by atomic mass is 16.5. The molecule has 8 heteroatoms. The minimum absolute atomic E-state index is 0.103. The van der Waals surface area contributed by atoms with Gasteiger partial charge in [-0.1, -0.05) is 0 Å². The van der Waals surface area contributed by atoms with Gasteiger partial charge in [0.25, 0.3) is 0 Å². The highest BCUT2D eigenvalue weighted by Crippen LogP contribution is 2.28. The Bertz CT molecular complexity index is 639. The number of nitrogens with one attached hydrogen (secondary N) is 2. The molecule has 0 bridgehead atoms. The molecule has 1 rings (SSSR count). The molecule has 2 N–H and O–H groups in total. The largest absolute Gasteiger partial charge is 0.494 e. The number of carbonyl (C=O) groups is 3. The van der Waals surface area contributed by atoms with Crippen LogP contribution in [0.4, 0.5) is 11.4 Å². The van der Waals surface area contributed by atoms with Gasteiger partial charge in [0, 0.05) is 18.7 Å². The van der Waals surface area contributed by atoms with Crippen LogP contribution < -0.4 is 15.4 Å². The van der Waals surface area contributed by atoms with E-state index in [1.165, 1.54) is 28.3 Å². The van der Waals surface area contributed by atoms with Crippen LogP contribution in [0.1, 0.15) is 6.92 Å². The van der Waals surface area contributed by atoms with E-state index >= 15 is 0 Å². The van der Waals surface area contributed by atoms with Crippen molar-refractivity contribution in [2.75, 3.05) is 32.0 Å². The lowest BCUT2D eigenvalue weighted by Gasteiger charge is -2.13. The van der Waals surface area contributed by atoms with Gasteiger partial charge in [-0.15, -0.1) is 0 Å². The van der Waals surface area contributed by atoms with E-state index in [1.54, 1.807) is 18.2 Å². The normalized spacial score (nSPS) is 10.5. The maximum Gasteiger partial charge on any atom is 0.354 e. The van der Waals surface area contributed by atoms with Gasteiger partial charge in [-0.3, -0.25) is 4.79 Å². The molecule has 124 valence electrons. The van der Waals surface area contributed by atoms with Crippen LogP contribution in [0.15, 0.2) is 30.0 Å². The molecule has 1 amide bonds. The molecular weight excluding hydrogens is 304 g/mol. The van der Waals surface area contributed by atoms with Crippen LogP contribution in [-0.2, 0) is 23.9 Å². The summed E-state index contributed by atoms with van der Waals surface area (Å²) in [7, 11) is 3.82. The molecule has 1 aromatic carbocycles. The molecule has 0 saturated carbocycles. The van der Waals surface area contributed by atoms with Crippen molar-refractivity contribution in [3.05, 3.63) is 30.0 Å². The van der Waals surface area contributed by atoms with Crippen molar-refractivity contribution in [2.45, 2.75) is 6.92 Å².